The maximum atomic E-state index is 11.9. The van der Waals surface area contributed by atoms with E-state index >= 15 is 0 Å². The fraction of sp³-hybridized carbons (Fsp3) is 0.500. The number of thiazole rings is 1. The summed E-state index contributed by atoms with van der Waals surface area (Å²) in [5.41, 5.74) is 0. The summed E-state index contributed by atoms with van der Waals surface area (Å²) in [5, 5.41) is 9.26. The lowest BCUT2D eigenvalue weighted by Gasteiger charge is -2.11. The number of carbonyl (C=O) groups is 2. The van der Waals surface area contributed by atoms with Crippen molar-refractivity contribution in [2.24, 2.45) is 0 Å². The third-order valence-electron chi connectivity index (χ3n) is 2.78. The summed E-state index contributed by atoms with van der Waals surface area (Å²) in [5.74, 6) is -0.266. The Bertz CT molecular complexity index is 487. The van der Waals surface area contributed by atoms with Gasteiger partial charge in [0.2, 0.25) is 5.91 Å². The van der Waals surface area contributed by atoms with Crippen molar-refractivity contribution in [3.63, 3.8) is 0 Å². The Morgan fingerprint density at radius 3 is 2.95 bits per heavy atom. The van der Waals surface area contributed by atoms with Crippen LogP contribution in [0, 0.1) is 0 Å². The van der Waals surface area contributed by atoms with E-state index in [2.05, 4.69) is 27.5 Å². The second-order valence-electron chi connectivity index (χ2n) is 4.58. The summed E-state index contributed by atoms with van der Waals surface area (Å²) < 4.78 is 0. The van der Waals surface area contributed by atoms with E-state index in [1.54, 1.807) is 6.08 Å². The van der Waals surface area contributed by atoms with Crippen molar-refractivity contribution in [3.8, 4) is 0 Å². The number of amides is 2. The van der Waals surface area contributed by atoms with Gasteiger partial charge in [0.25, 0.3) is 5.91 Å². The van der Waals surface area contributed by atoms with E-state index in [9.17, 15) is 9.59 Å². The summed E-state index contributed by atoms with van der Waals surface area (Å²) in [6, 6.07) is 0.160. The minimum atomic E-state index is -0.213. The van der Waals surface area contributed by atoms with E-state index in [4.69, 9.17) is 0 Å². The Morgan fingerprint density at radius 1 is 1.52 bits per heavy atom. The SMILES string of the molecule is C=CCNc1ncc(C(=O)NCCC(=O)N[C@H](C)CC)s1. The molecule has 0 bridgehead atoms. The van der Waals surface area contributed by atoms with Crippen molar-refractivity contribution in [1.82, 2.24) is 15.6 Å². The van der Waals surface area contributed by atoms with Gasteiger partial charge in [0.05, 0.1) is 6.20 Å². The minimum Gasteiger partial charge on any atom is -0.358 e. The zero-order chi connectivity index (χ0) is 15.7. The van der Waals surface area contributed by atoms with Gasteiger partial charge >= 0.3 is 0 Å². The van der Waals surface area contributed by atoms with Gasteiger partial charge in [-0.15, -0.1) is 6.58 Å². The van der Waals surface area contributed by atoms with Crippen molar-refractivity contribution in [1.29, 1.82) is 0 Å². The van der Waals surface area contributed by atoms with Gasteiger partial charge in [0.1, 0.15) is 4.88 Å². The number of nitrogens with zero attached hydrogens (tertiary/aromatic N) is 1. The van der Waals surface area contributed by atoms with Crippen molar-refractivity contribution in [2.45, 2.75) is 32.7 Å². The zero-order valence-corrected chi connectivity index (χ0v) is 13.3. The molecule has 0 aliphatic heterocycles. The number of carbonyl (C=O) groups excluding carboxylic acids is 2. The average molecular weight is 310 g/mol. The van der Waals surface area contributed by atoms with Gasteiger partial charge in [-0.3, -0.25) is 9.59 Å². The molecular formula is C14H22N4O2S. The molecule has 2 amide bonds. The molecule has 0 radical (unpaired) electrons. The summed E-state index contributed by atoms with van der Waals surface area (Å²) in [4.78, 5) is 28.0. The molecule has 0 unspecified atom stereocenters. The van der Waals surface area contributed by atoms with E-state index in [1.165, 1.54) is 17.5 Å². The molecule has 6 nitrogen and oxygen atoms in total. The van der Waals surface area contributed by atoms with Gasteiger partial charge in [-0.1, -0.05) is 24.3 Å². The highest BCUT2D eigenvalue weighted by atomic mass is 32.1. The third-order valence-corrected chi connectivity index (χ3v) is 3.74. The maximum absolute atomic E-state index is 11.9. The van der Waals surface area contributed by atoms with Crippen LogP contribution in [0.1, 0.15) is 36.4 Å². The number of hydrogen-bond donors (Lipinski definition) is 3. The predicted octanol–water partition coefficient (Wildman–Crippen LogP) is 1.78. The predicted molar refractivity (Wildman–Crippen MR) is 85.6 cm³/mol. The molecule has 1 rings (SSSR count). The van der Waals surface area contributed by atoms with E-state index in [1.807, 2.05) is 13.8 Å². The summed E-state index contributed by atoms with van der Waals surface area (Å²) in [6.07, 6.45) is 4.40. The van der Waals surface area contributed by atoms with Crippen molar-refractivity contribution in [3.05, 3.63) is 23.7 Å². The molecule has 116 valence electrons. The Morgan fingerprint density at radius 2 is 2.29 bits per heavy atom. The van der Waals surface area contributed by atoms with Crippen LogP contribution in [0.4, 0.5) is 5.13 Å². The van der Waals surface area contributed by atoms with Gasteiger partial charge < -0.3 is 16.0 Å². The quantitative estimate of drug-likeness (QED) is 0.607. The van der Waals surface area contributed by atoms with Crippen LogP contribution < -0.4 is 16.0 Å². The molecule has 1 aromatic rings. The molecule has 1 aromatic heterocycles. The first-order valence-electron chi connectivity index (χ1n) is 6.95. The van der Waals surface area contributed by atoms with E-state index in [-0.39, 0.29) is 24.3 Å². The average Bonchev–Trinajstić information content (AvgIpc) is 2.93. The lowest BCUT2D eigenvalue weighted by Crippen LogP contribution is -2.35. The molecule has 1 heterocycles. The van der Waals surface area contributed by atoms with E-state index < -0.39 is 0 Å². The Hall–Kier alpha value is -1.89. The monoisotopic (exact) mass is 310 g/mol. The molecule has 0 aliphatic carbocycles. The van der Waals surface area contributed by atoms with Crippen LogP contribution in [0.15, 0.2) is 18.9 Å². The second kappa shape index (κ2) is 9.12. The highest BCUT2D eigenvalue weighted by molar-refractivity contribution is 7.17. The first kappa shape index (κ1) is 17.2. The minimum absolute atomic E-state index is 0.0534. The molecule has 3 N–H and O–H groups in total. The van der Waals surface area contributed by atoms with Crippen LogP contribution in [0.5, 0.6) is 0 Å². The molecule has 21 heavy (non-hydrogen) atoms. The summed E-state index contributed by atoms with van der Waals surface area (Å²) in [6.45, 7) is 8.47. The first-order chi connectivity index (χ1) is 10.1. The molecular weight excluding hydrogens is 288 g/mol. The Kier molecular flexibility index (Phi) is 7.45. The third kappa shape index (κ3) is 6.40. The molecule has 0 spiro atoms. The van der Waals surface area contributed by atoms with Gasteiger partial charge in [-0.05, 0) is 13.3 Å². The van der Waals surface area contributed by atoms with Crippen molar-refractivity contribution >= 4 is 28.3 Å². The van der Waals surface area contributed by atoms with E-state index in [0.29, 0.717) is 23.1 Å². The van der Waals surface area contributed by atoms with Crippen LogP contribution in [-0.4, -0.2) is 35.9 Å². The van der Waals surface area contributed by atoms with Gasteiger partial charge in [-0.2, -0.15) is 0 Å². The number of anilines is 1. The molecule has 0 aliphatic rings. The van der Waals surface area contributed by atoms with Crippen LogP contribution in [0.2, 0.25) is 0 Å². The van der Waals surface area contributed by atoms with E-state index in [0.717, 1.165) is 6.42 Å². The fourth-order valence-corrected chi connectivity index (χ4v) is 2.19. The van der Waals surface area contributed by atoms with Gasteiger partial charge in [0, 0.05) is 25.6 Å². The highest BCUT2D eigenvalue weighted by Crippen LogP contribution is 2.17. The highest BCUT2D eigenvalue weighted by Gasteiger charge is 2.11. The standard InChI is InChI=1S/C14H22N4O2S/c1-4-7-16-14-17-9-11(21-14)13(20)15-8-6-12(19)18-10(3)5-2/h4,9-10H,1,5-8H2,2-3H3,(H,15,20)(H,16,17)(H,18,19)/t10-/m1/s1. The number of nitrogens with one attached hydrogen (secondary N) is 3. The number of aromatic nitrogens is 1. The number of rotatable bonds is 9. The van der Waals surface area contributed by atoms with Crippen molar-refractivity contribution in [2.75, 3.05) is 18.4 Å². The maximum Gasteiger partial charge on any atom is 0.263 e. The lowest BCUT2D eigenvalue weighted by molar-refractivity contribution is -0.121. The molecule has 0 aromatic carbocycles. The second-order valence-corrected chi connectivity index (χ2v) is 5.61. The molecule has 1 atom stereocenters. The normalized spacial score (nSPS) is 11.5. The van der Waals surface area contributed by atoms with Gasteiger partial charge in [-0.25, -0.2) is 4.98 Å². The van der Waals surface area contributed by atoms with Crippen molar-refractivity contribution < 1.29 is 9.59 Å². The Labute approximate surface area is 129 Å². The smallest absolute Gasteiger partial charge is 0.263 e. The Balaban J connectivity index is 2.31. The number of hydrogen-bond acceptors (Lipinski definition) is 5. The summed E-state index contributed by atoms with van der Waals surface area (Å²) >= 11 is 1.27. The molecule has 0 fully saturated rings. The lowest BCUT2D eigenvalue weighted by atomic mass is 10.2. The molecule has 0 saturated heterocycles. The topological polar surface area (TPSA) is 83.1 Å². The molecule has 0 saturated carbocycles. The largest absolute Gasteiger partial charge is 0.358 e. The zero-order valence-electron chi connectivity index (χ0n) is 12.4. The van der Waals surface area contributed by atoms with Crippen LogP contribution >= 0.6 is 11.3 Å². The van der Waals surface area contributed by atoms with Gasteiger partial charge in [0.15, 0.2) is 5.13 Å². The van der Waals surface area contributed by atoms with Crippen LogP contribution in [0.25, 0.3) is 0 Å². The van der Waals surface area contributed by atoms with Crippen LogP contribution in [-0.2, 0) is 4.79 Å². The fourth-order valence-electron chi connectivity index (χ4n) is 1.45. The molecule has 7 heteroatoms. The first-order valence-corrected chi connectivity index (χ1v) is 7.76. The van der Waals surface area contributed by atoms with Crippen LogP contribution in [0.3, 0.4) is 0 Å². The summed E-state index contributed by atoms with van der Waals surface area (Å²) in [7, 11) is 0.